The van der Waals surface area contributed by atoms with Crippen LogP contribution in [0.4, 0.5) is 10.8 Å². The molecule has 0 unspecified atom stereocenters. The number of nitrogen functional groups attached to an aromatic ring is 1. The summed E-state index contributed by atoms with van der Waals surface area (Å²) in [5.74, 6) is -0.0958. The van der Waals surface area contributed by atoms with Crippen molar-refractivity contribution in [2.24, 2.45) is 0 Å². The highest BCUT2D eigenvalue weighted by atomic mass is 32.2. The molecule has 0 fully saturated rings. The zero-order chi connectivity index (χ0) is 15.6. The minimum absolute atomic E-state index is 0.0114. The van der Waals surface area contributed by atoms with Gasteiger partial charge in [-0.3, -0.25) is 0 Å². The van der Waals surface area contributed by atoms with Crippen LogP contribution in [-0.4, -0.2) is 52.6 Å². The third-order valence-corrected chi connectivity index (χ3v) is 6.59. The van der Waals surface area contributed by atoms with Crippen molar-refractivity contribution in [1.29, 1.82) is 0 Å². The van der Waals surface area contributed by atoms with E-state index in [1.807, 2.05) is 0 Å². The van der Waals surface area contributed by atoms with Crippen molar-refractivity contribution in [3.05, 3.63) is 0 Å². The first kappa shape index (κ1) is 17.2. The van der Waals surface area contributed by atoms with Gasteiger partial charge in [0.1, 0.15) is 19.7 Å². The molecule has 0 spiro atoms. The Morgan fingerprint density at radius 2 is 1.85 bits per heavy atom. The third-order valence-electron chi connectivity index (χ3n) is 2.59. The monoisotopic (exact) mass is 341 g/mol. The van der Waals surface area contributed by atoms with Crippen LogP contribution in [0.1, 0.15) is 13.3 Å². The first-order valence-electron chi connectivity index (χ1n) is 5.95. The third kappa shape index (κ3) is 4.32. The van der Waals surface area contributed by atoms with Crippen LogP contribution in [-0.2, 0) is 19.7 Å². The van der Waals surface area contributed by atoms with E-state index >= 15 is 0 Å². The first-order valence-corrected chi connectivity index (χ1v) is 10.4. The minimum atomic E-state index is -3.50. The maximum Gasteiger partial charge on any atom is 0.185 e. The van der Waals surface area contributed by atoms with E-state index in [9.17, 15) is 16.8 Å². The molecule has 0 aliphatic heterocycles. The average Bonchev–Trinajstić information content (AvgIpc) is 2.67. The number of hydrogen-bond acceptors (Lipinski definition) is 8. The molecule has 0 aliphatic rings. The number of sulfone groups is 2. The number of nitrogens with two attached hydrogens (primary N) is 1. The van der Waals surface area contributed by atoms with Gasteiger partial charge < -0.3 is 10.6 Å². The molecule has 0 aliphatic carbocycles. The average molecular weight is 341 g/mol. The van der Waals surface area contributed by atoms with Crippen LogP contribution in [0.5, 0.6) is 0 Å². The fourth-order valence-corrected chi connectivity index (χ4v) is 4.97. The smallest absolute Gasteiger partial charge is 0.185 e. The normalized spacial score (nSPS) is 12.6. The van der Waals surface area contributed by atoms with Gasteiger partial charge in [0, 0.05) is 19.8 Å². The molecule has 0 atom stereocenters. The topological polar surface area (TPSA) is 110 Å². The Kier molecular flexibility index (Phi) is 5.39. The second-order valence-electron chi connectivity index (χ2n) is 4.57. The maximum absolute atomic E-state index is 12.2. The molecular weight excluding hydrogens is 322 g/mol. The lowest BCUT2D eigenvalue weighted by atomic mass is 10.5. The van der Waals surface area contributed by atoms with Gasteiger partial charge in [-0.05, 0) is 18.0 Å². The summed E-state index contributed by atoms with van der Waals surface area (Å²) in [5.41, 5.74) is 5.65. The van der Waals surface area contributed by atoms with Crippen molar-refractivity contribution in [1.82, 2.24) is 4.37 Å². The number of rotatable bonds is 7. The second-order valence-corrected chi connectivity index (χ2v) is 9.63. The van der Waals surface area contributed by atoms with Crippen molar-refractivity contribution in [3.8, 4) is 0 Å². The predicted molar refractivity (Wildman–Crippen MR) is 81.9 cm³/mol. The van der Waals surface area contributed by atoms with Crippen LogP contribution in [0.3, 0.4) is 0 Å². The fourth-order valence-electron chi connectivity index (χ4n) is 1.60. The Labute approximate surface area is 123 Å². The zero-order valence-electron chi connectivity index (χ0n) is 11.7. The van der Waals surface area contributed by atoms with Crippen LogP contribution in [0.15, 0.2) is 4.90 Å². The lowest BCUT2D eigenvalue weighted by Gasteiger charge is -2.17. The number of aromatic nitrogens is 1. The van der Waals surface area contributed by atoms with Gasteiger partial charge in [-0.15, -0.1) is 0 Å². The Morgan fingerprint density at radius 1 is 1.25 bits per heavy atom. The van der Waals surface area contributed by atoms with E-state index in [0.29, 0.717) is 11.4 Å². The van der Waals surface area contributed by atoms with Crippen molar-refractivity contribution in [2.45, 2.75) is 18.2 Å². The van der Waals surface area contributed by atoms with E-state index in [1.165, 1.54) is 0 Å². The van der Waals surface area contributed by atoms with Crippen LogP contribution >= 0.6 is 11.5 Å². The Morgan fingerprint density at radius 3 is 2.35 bits per heavy atom. The highest BCUT2D eigenvalue weighted by molar-refractivity contribution is 7.92. The SMILES string of the molecule is CCCS(=O)(=O)c1c(N)nsc1N(C)CCS(C)(=O)=O. The molecule has 0 aromatic carbocycles. The standard InChI is InChI=1S/C10H19N3O4S3/c1-4-6-20(16,17)8-9(11)12-18-10(8)13(2)5-7-19(3,14)15/h4-7H2,1-3H3,(H2,11,12). The summed E-state index contributed by atoms with van der Waals surface area (Å²) < 4.78 is 50.6. The molecule has 0 saturated heterocycles. The predicted octanol–water partition coefficient (Wildman–Crippen LogP) is 0.390. The van der Waals surface area contributed by atoms with Crippen molar-refractivity contribution < 1.29 is 16.8 Å². The molecule has 1 rings (SSSR count). The van der Waals surface area contributed by atoms with Gasteiger partial charge in [0.25, 0.3) is 0 Å². The van der Waals surface area contributed by atoms with Crippen LogP contribution < -0.4 is 10.6 Å². The van der Waals surface area contributed by atoms with E-state index in [4.69, 9.17) is 5.73 Å². The van der Waals surface area contributed by atoms with Gasteiger partial charge in [-0.2, -0.15) is 4.37 Å². The van der Waals surface area contributed by atoms with Crippen LogP contribution in [0.25, 0.3) is 0 Å². The van der Waals surface area contributed by atoms with E-state index in [1.54, 1.807) is 18.9 Å². The number of hydrogen-bond donors (Lipinski definition) is 1. The van der Waals surface area contributed by atoms with Gasteiger partial charge in [0.2, 0.25) is 0 Å². The lowest BCUT2D eigenvalue weighted by molar-refractivity contribution is 0.595. The van der Waals surface area contributed by atoms with E-state index in [2.05, 4.69) is 4.37 Å². The lowest BCUT2D eigenvalue weighted by Crippen LogP contribution is -2.25. The summed E-state index contributed by atoms with van der Waals surface area (Å²) in [6.07, 6.45) is 1.61. The Hall–Kier alpha value is -0.870. The van der Waals surface area contributed by atoms with Gasteiger partial charge >= 0.3 is 0 Å². The number of anilines is 2. The molecule has 0 bridgehead atoms. The molecule has 1 heterocycles. The Balaban J connectivity index is 3.09. The van der Waals surface area contributed by atoms with Crippen molar-refractivity contribution in [2.75, 3.05) is 42.0 Å². The number of nitrogens with zero attached hydrogens (tertiary/aromatic N) is 2. The van der Waals surface area contributed by atoms with Crippen LogP contribution in [0.2, 0.25) is 0 Å². The zero-order valence-corrected chi connectivity index (χ0v) is 14.1. The largest absolute Gasteiger partial charge is 0.382 e. The van der Waals surface area contributed by atoms with Crippen molar-refractivity contribution >= 4 is 42.0 Å². The molecule has 7 nitrogen and oxygen atoms in total. The molecule has 0 amide bonds. The summed E-state index contributed by atoms with van der Waals surface area (Å²) in [6, 6.07) is 0. The molecule has 2 N–H and O–H groups in total. The highest BCUT2D eigenvalue weighted by Crippen LogP contribution is 2.34. The van der Waals surface area contributed by atoms with Gasteiger partial charge in [0.15, 0.2) is 15.7 Å². The summed E-state index contributed by atoms with van der Waals surface area (Å²) in [7, 11) is -4.98. The molecule has 20 heavy (non-hydrogen) atoms. The van der Waals surface area contributed by atoms with Gasteiger partial charge in [0.05, 0.1) is 11.5 Å². The molecule has 1 aromatic rings. The van der Waals surface area contributed by atoms with E-state index in [0.717, 1.165) is 17.8 Å². The molecule has 1 aromatic heterocycles. The second kappa shape index (κ2) is 6.27. The van der Waals surface area contributed by atoms with Gasteiger partial charge in [-0.25, -0.2) is 16.8 Å². The van der Waals surface area contributed by atoms with Crippen LogP contribution in [0, 0.1) is 0 Å². The van der Waals surface area contributed by atoms with Crippen molar-refractivity contribution in [3.63, 3.8) is 0 Å². The fraction of sp³-hybridized carbons (Fsp3) is 0.700. The van der Waals surface area contributed by atoms with E-state index in [-0.39, 0.29) is 28.8 Å². The summed E-state index contributed by atoms with van der Waals surface area (Å²) >= 11 is 0.965. The highest BCUT2D eigenvalue weighted by Gasteiger charge is 2.26. The molecule has 0 saturated carbocycles. The van der Waals surface area contributed by atoms with E-state index < -0.39 is 19.7 Å². The van der Waals surface area contributed by atoms with Gasteiger partial charge in [-0.1, -0.05) is 6.92 Å². The molecule has 116 valence electrons. The maximum atomic E-state index is 12.2. The summed E-state index contributed by atoms with van der Waals surface area (Å²) in [4.78, 5) is 1.58. The summed E-state index contributed by atoms with van der Waals surface area (Å²) in [5, 5.41) is 0.389. The first-order chi connectivity index (χ1) is 9.08. The summed E-state index contributed by atoms with van der Waals surface area (Å²) in [6.45, 7) is 1.95. The minimum Gasteiger partial charge on any atom is -0.382 e. The molecule has 10 heteroatoms. The quantitative estimate of drug-likeness (QED) is 0.763. The molecular formula is C10H19N3O4S3. The Bertz CT molecular complexity index is 664. The molecule has 0 radical (unpaired) electrons.